The fourth-order valence-corrected chi connectivity index (χ4v) is 1.73. The Morgan fingerprint density at radius 2 is 2.05 bits per heavy atom. The van der Waals surface area contributed by atoms with Gasteiger partial charge in [-0.2, -0.15) is 5.10 Å². The highest BCUT2D eigenvalue weighted by atomic mass is 16.5. The third kappa shape index (κ3) is 3.24. The van der Waals surface area contributed by atoms with E-state index in [-0.39, 0.29) is 11.8 Å². The lowest BCUT2D eigenvalue weighted by Gasteiger charge is -2.10. The summed E-state index contributed by atoms with van der Waals surface area (Å²) in [6.07, 6.45) is 1.92. The van der Waals surface area contributed by atoms with Gasteiger partial charge in [0.15, 0.2) is 0 Å². The molecule has 0 radical (unpaired) electrons. The molecule has 5 nitrogen and oxygen atoms in total. The minimum Gasteiger partial charge on any atom is -0.497 e. The first-order valence-corrected chi connectivity index (χ1v) is 6.22. The summed E-state index contributed by atoms with van der Waals surface area (Å²) < 4.78 is 10.5. The second kappa shape index (κ2) is 5.73. The molecule has 1 amide bonds. The van der Waals surface area contributed by atoms with Crippen LogP contribution in [0.1, 0.15) is 25.3 Å². The molecular weight excluding hydrogens is 244 g/mol. The number of carbonyl (C=O) groups is 1. The van der Waals surface area contributed by atoms with E-state index in [9.17, 15) is 4.79 Å². The van der Waals surface area contributed by atoms with Gasteiger partial charge in [-0.3, -0.25) is 4.79 Å². The molecule has 102 valence electrons. The topological polar surface area (TPSA) is 59.9 Å². The molecule has 0 atom stereocenters. The summed E-state index contributed by atoms with van der Waals surface area (Å²) in [5.74, 6) is 1.55. The number of rotatable bonds is 5. The highest BCUT2D eigenvalue weighted by Crippen LogP contribution is 2.29. The van der Waals surface area contributed by atoms with E-state index >= 15 is 0 Å². The van der Waals surface area contributed by atoms with Crippen molar-refractivity contribution in [3.63, 3.8) is 0 Å². The quantitative estimate of drug-likeness (QED) is 0.651. The first-order valence-electron chi connectivity index (χ1n) is 6.22. The summed E-state index contributed by atoms with van der Waals surface area (Å²) in [7, 11) is 3.20. The van der Waals surface area contributed by atoms with Crippen LogP contribution < -0.4 is 14.9 Å². The van der Waals surface area contributed by atoms with Gasteiger partial charge in [0, 0.05) is 11.5 Å². The third-order valence-electron chi connectivity index (χ3n) is 3.08. The van der Waals surface area contributed by atoms with Crippen molar-refractivity contribution in [2.24, 2.45) is 11.0 Å². The lowest BCUT2D eigenvalue weighted by molar-refractivity contribution is -0.122. The molecular formula is C14H18N2O3. The van der Waals surface area contributed by atoms with Gasteiger partial charge in [-0.25, -0.2) is 5.43 Å². The Morgan fingerprint density at radius 3 is 2.63 bits per heavy atom. The Labute approximate surface area is 112 Å². The van der Waals surface area contributed by atoms with Crippen molar-refractivity contribution in [3.05, 3.63) is 23.8 Å². The molecule has 0 heterocycles. The van der Waals surface area contributed by atoms with Crippen LogP contribution in [0.5, 0.6) is 11.5 Å². The average molecular weight is 262 g/mol. The van der Waals surface area contributed by atoms with Gasteiger partial charge in [0.1, 0.15) is 11.5 Å². The minimum absolute atomic E-state index is 0.0128. The fraction of sp³-hybridized carbons (Fsp3) is 0.429. The summed E-state index contributed by atoms with van der Waals surface area (Å²) >= 11 is 0. The largest absolute Gasteiger partial charge is 0.497 e. The molecule has 0 aromatic heterocycles. The monoisotopic (exact) mass is 262 g/mol. The highest BCUT2D eigenvalue weighted by Gasteiger charge is 2.29. The van der Waals surface area contributed by atoms with Crippen LogP contribution in [-0.4, -0.2) is 25.8 Å². The molecule has 0 aliphatic heterocycles. The lowest BCUT2D eigenvalue weighted by atomic mass is 10.1. The van der Waals surface area contributed by atoms with Crippen molar-refractivity contribution >= 4 is 11.6 Å². The van der Waals surface area contributed by atoms with Crippen LogP contribution >= 0.6 is 0 Å². The number of hydrogen-bond acceptors (Lipinski definition) is 4. The zero-order valence-electron chi connectivity index (χ0n) is 11.4. The summed E-state index contributed by atoms with van der Waals surface area (Å²) in [6.45, 7) is 1.82. The van der Waals surface area contributed by atoms with Gasteiger partial charge >= 0.3 is 0 Å². The second-order valence-electron chi connectivity index (χ2n) is 4.51. The number of carbonyl (C=O) groups excluding carboxylic acids is 1. The summed E-state index contributed by atoms with van der Waals surface area (Å²) in [6, 6.07) is 5.47. The first kappa shape index (κ1) is 13.4. The lowest BCUT2D eigenvalue weighted by Crippen LogP contribution is -2.20. The summed E-state index contributed by atoms with van der Waals surface area (Å²) in [5, 5.41) is 4.12. The van der Waals surface area contributed by atoms with Crippen LogP contribution in [0.3, 0.4) is 0 Å². The maximum atomic E-state index is 11.5. The molecule has 1 aliphatic rings. The Morgan fingerprint density at radius 1 is 1.32 bits per heavy atom. The zero-order valence-corrected chi connectivity index (χ0v) is 11.4. The van der Waals surface area contributed by atoms with Gasteiger partial charge in [0.2, 0.25) is 5.91 Å². The van der Waals surface area contributed by atoms with Gasteiger partial charge in [-0.05, 0) is 38.0 Å². The Kier molecular flexibility index (Phi) is 4.04. The van der Waals surface area contributed by atoms with Gasteiger partial charge < -0.3 is 9.47 Å². The Balaban J connectivity index is 2.17. The Hall–Kier alpha value is -2.04. The molecule has 0 unspecified atom stereocenters. The van der Waals surface area contributed by atoms with Crippen molar-refractivity contribution in [3.8, 4) is 11.5 Å². The molecule has 1 aromatic carbocycles. The van der Waals surface area contributed by atoms with E-state index in [1.807, 2.05) is 25.1 Å². The van der Waals surface area contributed by atoms with Crippen molar-refractivity contribution in [2.45, 2.75) is 19.8 Å². The SMILES string of the molecule is COc1ccc(OC)c(/C(C)=N\NC(=O)C2CC2)c1. The molecule has 1 N–H and O–H groups in total. The number of hydrazone groups is 1. The van der Waals surface area contributed by atoms with E-state index < -0.39 is 0 Å². The van der Waals surface area contributed by atoms with E-state index in [4.69, 9.17) is 9.47 Å². The van der Waals surface area contributed by atoms with Gasteiger partial charge in [-0.1, -0.05) is 0 Å². The first-order chi connectivity index (χ1) is 9.15. The zero-order chi connectivity index (χ0) is 13.8. The van der Waals surface area contributed by atoms with E-state index in [1.165, 1.54) is 0 Å². The van der Waals surface area contributed by atoms with Crippen LogP contribution in [0.25, 0.3) is 0 Å². The summed E-state index contributed by atoms with van der Waals surface area (Å²) in [5.41, 5.74) is 4.07. The highest BCUT2D eigenvalue weighted by molar-refractivity contribution is 6.02. The van der Waals surface area contributed by atoms with Gasteiger partial charge in [-0.15, -0.1) is 0 Å². The maximum absolute atomic E-state index is 11.5. The van der Waals surface area contributed by atoms with Crippen LogP contribution in [0.15, 0.2) is 23.3 Å². The molecule has 0 spiro atoms. The molecule has 5 heteroatoms. The number of nitrogens with one attached hydrogen (secondary N) is 1. The minimum atomic E-state index is -0.0128. The number of hydrogen-bond donors (Lipinski definition) is 1. The number of nitrogens with zero attached hydrogens (tertiary/aromatic N) is 1. The number of amides is 1. The van der Waals surface area contributed by atoms with Crippen LogP contribution in [0.4, 0.5) is 0 Å². The summed E-state index contributed by atoms with van der Waals surface area (Å²) in [4.78, 5) is 11.5. The second-order valence-corrected chi connectivity index (χ2v) is 4.51. The number of benzene rings is 1. The molecule has 1 aliphatic carbocycles. The smallest absolute Gasteiger partial charge is 0.243 e. The van der Waals surface area contributed by atoms with Gasteiger partial charge in [0.05, 0.1) is 19.9 Å². The van der Waals surface area contributed by atoms with Crippen molar-refractivity contribution in [1.29, 1.82) is 0 Å². The maximum Gasteiger partial charge on any atom is 0.243 e. The van der Waals surface area contributed by atoms with Crippen molar-refractivity contribution in [1.82, 2.24) is 5.43 Å². The third-order valence-corrected chi connectivity index (χ3v) is 3.08. The van der Waals surface area contributed by atoms with Crippen LogP contribution in [-0.2, 0) is 4.79 Å². The molecule has 0 bridgehead atoms. The fourth-order valence-electron chi connectivity index (χ4n) is 1.73. The van der Waals surface area contributed by atoms with Crippen molar-refractivity contribution < 1.29 is 14.3 Å². The van der Waals surface area contributed by atoms with Crippen LogP contribution in [0, 0.1) is 5.92 Å². The van der Waals surface area contributed by atoms with E-state index in [0.29, 0.717) is 11.5 Å². The number of ether oxygens (including phenoxy) is 2. The standard InChI is InChI=1S/C14H18N2O3/c1-9(15-16-14(17)10-4-5-10)12-8-11(18-2)6-7-13(12)19-3/h6-8,10H,4-5H2,1-3H3,(H,16,17)/b15-9-. The molecule has 0 saturated heterocycles. The Bertz CT molecular complexity index is 507. The predicted octanol–water partition coefficient (Wildman–Crippen LogP) is 1.95. The van der Waals surface area contributed by atoms with E-state index in [0.717, 1.165) is 24.2 Å². The van der Waals surface area contributed by atoms with E-state index in [2.05, 4.69) is 10.5 Å². The molecule has 1 fully saturated rings. The average Bonchev–Trinajstić information content (AvgIpc) is 3.28. The molecule has 1 aromatic rings. The van der Waals surface area contributed by atoms with Crippen molar-refractivity contribution in [2.75, 3.05) is 14.2 Å². The number of methoxy groups -OCH3 is 2. The van der Waals surface area contributed by atoms with Crippen LogP contribution in [0.2, 0.25) is 0 Å². The normalized spacial score (nSPS) is 15.0. The van der Waals surface area contributed by atoms with Gasteiger partial charge in [0.25, 0.3) is 0 Å². The molecule has 19 heavy (non-hydrogen) atoms. The van der Waals surface area contributed by atoms with E-state index in [1.54, 1.807) is 14.2 Å². The predicted molar refractivity (Wildman–Crippen MR) is 72.6 cm³/mol. The molecule has 2 rings (SSSR count). The molecule has 1 saturated carbocycles.